The Bertz CT molecular complexity index is 279. The zero-order valence-electron chi connectivity index (χ0n) is 12.5. The van der Waals surface area contributed by atoms with Crippen molar-refractivity contribution in [2.45, 2.75) is 89.5 Å². The summed E-state index contributed by atoms with van der Waals surface area (Å²) < 4.78 is 0. The standard InChI is InChI=1S/C16H29NO3/c18-15(12-13-16(19)20)17-14-10-8-6-4-2-1-3-5-7-9-11-14/h14H,1-13H2,(H,17,18)(H,19,20)/p-1. The second-order valence-corrected chi connectivity index (χ2v) is 5.90. The molecular formula is C16H28NO3-. The molecule has 0 atom stereocenters. The summed E-state index contributed by atoms with van der Waals surface area (Å²) in [5.41, 5.74) is 0. The fraction of sp³-hybridized carbons (Fsp3) is 0.875. The molecule has 1 saturated carbocycles. The van der Waals surface area contributed by atoms with Crippen molar-refractivity contribution in [2.24, 2.45) is 0 Å². The van der Waals surface area contributed by atoms with Crippen LogP contribution in [-0.4, -0.2) is 17.9 Å². The van der Waals surface area contributed by atoms with Crippen LogP contribution in [0.1, 0.15) is 83.5 Å². The zero-order chi connectivity index (χ0) is 14.6. The Labute approximate surface area is 122 Å². The second kappa shape index (κ2) is 10.7. The number of amides is 1. The number of aliphatic carboxylic acids is 1. The highest BCUT2D eigenvalue weighted by atomic mass is 16.4. The van der Waals surface area contributed by atoms with Crippen LogP contribution in [0.4, 0.5) is 0 Å². The van der Waals surface area contributed by atoms with Crippen molar-refractivity contribution >= 4 is 11.9 Å². The van der Waals surface area contributed by atoms with Crippen LogP contribution in [0.5, 0.6) is 0 Å². The number of carboxylic acid groups (broad SMARTS) is 1. The summed E-state index contributed by atoms with van der Waals surface area (Å²) in [4.78, 5) is 22.0. The van der Waals surface area contributed by atoms with E-state index in [-0.39, 0.29) is 24.8 Å². The maximum atomic E-state index is 11.7. The first-order valence-corrected chi connectivity index (χ1v) is 8.17. The summed E-state index contributed by atoms with van der Waals surface area (Å²) in [5, 5.41) is 13.4. The van der Waals surface area contributed by atoms with Gasteiger partial charge in [0.15, 0.2) is 0 Å². The van der Waals surface area contributed by atoms with Crippen molar-refractivity contribution in [1.29, 1.82) is 0 Å². The molecule has 1 amide bonds. The molecule has 1 fully saturated rings. The van der Waals surface area contributed by atoms with Gasteiger partial charge in [-0.2, -0.15) is 0 Å². The van der Waals surface area contributed by atoms with Crippen molar-refractivity contribution in [3.05, 3.63) is 0 Å². The van der Waals surface area contributed by atoms with Crippen LogP contribution < -0.4 is 10.4 Å². The van der Waals surface area contributed by atoms with Gasteiger partial charge >= 0.3 is 0 Å². The second-order valence-electron chi connectivity index (χ2n) is 5.90. The van der Waals surface area contributed by atoms with Gasteiger partial charge in [-0.1, -0.05) is 57.8 Å². The van der Waals surface area contributed by atoms with Gasteiger partial charge in [0, 0.05) is 18.4 Å². The van der Waals surface area contributed by atoms with Crippen molar-refractivity contribution in [3.63, 3.8) is 0 Å². The molecule has 0 aliphatic heterocycles. The summed E-state index contributed by atoms with van der Waals surface area (Å²) in [6.07, 6.45) is 13.3. The number of rotatable bonds is 4. The van der Waals surface area contributed by atoms with Gasteiger partial charge in [-0.05, 0) is 19.3 Å². The van der Waals surface area contributed by atoms with Crippen molar-refractivity contribution in [1.82, 2.24) is 5.32 Å². The molecular weight excluding hydrogens is 254 g/mol. The van der Waals surface area contributed by atoms with Crippen LogP contribution >= 0.6 is 0 Å². The number of nitrogens with one attached hydrogen (secondary N) is 1. The normalized spacial score (nSPS) is 19.6. The predicted molar refractivity (Wildman–Crippen MR) is 77.0 cm³/mol. The summed E-state index contributed by atoms with van der Waals surface area (Å²) >= 11 is 0. The van der Waals surface area contributed by atoms with Gasteiger partial charge in [-0.3, -0.25) is 4.79 Å². The molecule has 1 aliphatic carbocycles. The number of carbonyl (C=O) groups is 2. The largest absolute Gasteiger partial charge is 0.550 e. The van der Waals surface area contributed by atoms with Crippen molar-refractivity contribution in [2.75, 3.05) is 0 Å². The molecule has 0 aromatic rings. The lowest BCUT2D eigenvalue weighted by Crippen LogP contribution is -2.36. The topological polar surface area (TPSA) is 69.2 Å². The summed E-state index contributed by atoms with van der Waals surface area (Å²) in [6.45, 7) is 0. The SMILES string of the molecule is O=C([O-])CCC(=O)NC1CCCCCCCCCCC1. The maximum absolute atomic E-state index is 11.7. The molecule has 0 bridgehead atoms. The lowest BCUT2D eigenvalue weighted by molar-refractivity contribution is -0.305. The average molecular weight is 282 g/mol. The lowest BCUT2D eigenvalue weighted by atomic mass is 9.98. The third-order valence-electron chi connectivity index (χ3n) is 4.03. The van der Waals surface area contributed by atoms with E-state index in [2.05, 4.69) is 5.32 Å². The number of carboxylic acids is 1. The zero-order valence-corrected chi connectivity index (χ0v) is 12.5. The van der Waals surface area contributed by atoms with Crippen LogP contribution in [0.15, 0.2) is 0 Å². The van der Waals surface area contributed by atoms with Crippen LogP contribution in [0, 0.1) is 0 Å². The summed E-state index contributed by atoms with van der Waals surface area (Å²) in [7, 11) is 0. The molecule has 1 rings (SSSR count). The number of carbonyl (C=O) groups excluding carboxylic acids is 2. The van der Waals surface area contributed by atoms with Crippen LogP contribution in [-0.2, 0) is 9.59 Å². The van der Waals surface area contributed by atoms with E-state index in [9.17, 15) is 14.7 Å². The van der Waals surface area contributed by atoms with Crippen LogP contribution in [0.25, 0.3) is 0 Å². The third-order valence-corrected chi connectivity index (χ3v) is 4.03. The third kappa shape index (κ3) is 8.94. The molecule has 0 unspecified atom stereocenters. The minimum absolute atomic E-state index is 0.0405. The first-order valence-electron chi connectivity index (χ1n) is 8.17. The molecule has 0 saturated heterocycles. The molecule has 116 valence electrons. The summed E-state index contributed by atoms with van der Waals surface area (Å²) in [6, 6.07) is 0.226. The van der Waals surface area contributed by atoms with Gasteiger partial charge in [0.1, 0.15) is 0 Å². The smallest absolute Gasteiger partial charge is 0.220 e. The van der Waals surface area contributed by atoms with Gasteiger partial charge in [0.2, 0.25) is 5.91 Å². The molecule has 20 heavy (non-hydrogen) atoms. The molecule has 4 nitrogen and oxygen atoms in total. The van der Waals surface area contributed by atoms with Gasteiger partial charge in [0.25, 0.3) is 0 Å². The molecule has 0 aromatic heterocycles. The molecule has 0 spiro atoms. The molecule has 0 aromatic carbocycles. The fourth-order valence-corrected chi connectivity index (χ4v) is 2.82. The highest BCUT2D eigenvalue weighted by Crippen LogP contribution is 2.17. The van der Waals surface area contributed by atoms with Gasteiger partial charge in [-0.15, -0.1) is 0 Å². The Morgan fingerprint density at radius 2 is 1.25 bits per heavy atom. The van der Waals surface area contributed by atoms with Crippen molar-refractivity contribution < 1.29 is 14.7 Å². The average Bonchev–Trinajstić information content (AvgIpc) is 2.39. The van der Waals surface area contributed by atoms with Gasteiger partial charge < -0.3 is 15.2 Å². The quantitative estimate of drug-likeness (QED) is 0.860. The first kappa shape index (κ1) is 17.0. The van der Waals surface area contributed by atoms with E-state index in [1.165, 1.54) is 44.9 Å². The van der Waals surface area contributed by atoms with E-state index in [1.807, 2.05) is 0 Å². The Kier molecular flexibility index (Phi) is 9.09. The summed E-state index contributed by atoms with van der Waals surface area (Å²) in [5.74, 6) is -1.30. The highest BCUT2D eigenvalue weighted by Gasteiger charge is 2.12. The van der Waals surface area contributed by atoms with Gasteiger partial charge in [-0.25, -0.2) is 0 Å². The van der Waals surface area contributed by atoms with E-state index in [4.69, 9.17) is 0 Å². The minimum Gasteiger partial charge on any atom is -0.550 e. The Morgan fingerprint density at radius 3 is 1.70 bits per heavy atom. The Hall–Kier alpha value is -1.06. The predicted octanol–water partition coefficient (Wildman–Crippen LogP) is 2.31. The van der Waals surface area contributed by atoms with E-state index in [1.54, 1.807) is 0 Å². The number of hydrogen-bond acceptors (Lipinski definition) is 3. The fourth-order valence-electron chi connectivity index (χ4n) is 2.82. The first-order chi connectivity index (χ1) is 9.68. The van der Waals surface area contributed by atoms with E-state index >= 15 is 0 Å². The maximum Gasteiger partial charge on any atom is 0.220 e. The molecule has 1 N–H and O–H groups in total. The van der Waals surface area contributed by atoms with Gasteiger partial charge in [0.05, 0.1) is 0 Å². The van der Waals surface area contributed by atoms with Crippen LogP contribution in [0.2, 0.25) is 0 Å². The van der Waals surface area contributed by atoms with E-state index < -0.39 is 5.97 Å². The van der Waals surface area contributed by atoms with Crippen molar-refractivity contribution in [3.8, 4) is 0 Å². The van der Waals surface area contributed by atoms with E-state index in [0.717, 1.165) is 25.7 Å². The monoisotopic (exact) mass is 282 g/mol. The minimum atomic E-state index is -1.15. The molecule has 4 heteroatoms. The molecule has 1 aliphatic rings. The Morgan fingerprint density at radius 1 is 0.800 bits per heavy atom. The van der Waals surface area contributed by atoms with Crippen LogP contribution in [0.3, 0.4) is 0 Å². The Balaban J connectivity index is 2.30. The number of hydrogen-bond donors (Lipinski definition) is 1. The molecule has 0 radical (unpaired) electrons. The molecule has 0 heterocycles. The van der Waals surface area contributed by atoms with E-state index in [0.29, 0.717) is 0 Å². The highest BCUT2D eigenvalue weighted by molar-refractivity contribution is 5.80. The lowest BCUT2D eigenvalue weighted by Gasteiger charge is -2.19.